The summed E-state index contributed by atoms with van der Waals surface area (Å²) < 4.78 is 0. The van der Waals surface area contributed by atoms with Crippen LogP contribution in [0.4, 0.5) is 0 Å². The van der Waals surface area contributed by atoms with Crippen LogP contribution in [0.3, 0.4) is 0 Å². The lowest BCUT2D eigenvalue weighted by Gasteiger charge is -2.22. The minimum Gasteiger partial charge on any atom is -0.368 e. The highest BCUT2D eigenvalue weighted by molar-refractivity contribution is 5.96. The van der Waals surface area contributed by atoms with E-state index < -0.39 is 5.91 Å². The highest BCUT2D eigenvalue weighted by atomic mass is 16.2. The van der Waals surface area contributed by atoms with Gasteiger partial charge in [-0.05, 0) is 43.9 Å². The third-order valence-electron chi connectivity index (χ3n) is 4.15. The maximum Gasteiger partial charge on any atom is 0.251 e. The summed E-state index contributed by atoms with van der Waals surface area (Å²) in [6.07, 6.45) is 6.49. The van der Waals surface area contributed by atoms with Crippen molar-refractivity contribution in [2.75, 3.05) is 26.7 Å². The monoisotopic (exact) mass is 387 g/mol. The molecule has 0 aliphatic heterocycles. The first-order valence-electron chi connectivity index (χ1n) is 9.73. The highest BCUT2D eigenvalue weighted by Crippen LogP contribution is 2.07. The van der Waals surface area contributed by atoms with Crippen molar-refractivity contribution in [1.29, 1.82) is 0 Å². The molecule has 154 valence electrons. The molecule has 0 unspecified atom stereocenters. The molecule has 7 nitrogen and oxygen atoms in total. The van der Waals surface area contributed by atoms with Gasteiger partial charge in [0.05, 0.1) is 13.1 Å². The Balaban J connectivity index is 2.59. The number of primary amides is 1. The summed E-state index contributed by atoms with van der Waals surface area (Å²) in [6, 6.07) is 7.16. The number of carbonyl (C=O) groups excluding carboxylic acids is 2. The molecule has 0 aliphatic rings. The largest absolute Gasteiger partial charge is 0.368 e. The van der Waals surface area contributed by atoms with Gasteiger partial charge >= 0.3 is 0 Å². The van der Waals surface area contributed by atoms with Gasteiger partial charge in [0.2, 0.25) is 5.91 Å². The molecule has 1 aromatic carbocycles. The lowest BCUT2D eigenvalue weighted by atomic mass is 10.1. The number of hydrogen-bond donors (Lipinski definition) is 3. The molecular formula is C21H33N5O2. The Labute approximate surface area is 168 Å². The van der Waals surface area contributed by atoms with Gasteiger partial charge < -0.3 is 21.3 Å². The number of nitrogens with one attached hydrogen (secondary N) is 2. The molecule has 0 bridgehead atoms. The Hall–Kier alpha value is -2.83. The van der Waals surface area contributed by atoms with Crippen molar-refractivity contribution in [2.45, 2.75) is 39.2 Å². The molecule has 2 amide bonds. The molecule has 28 heavy (non-hydrogen) atoms. The molecular weight excluding hydrogens is 354 g/mol. The molecule has 4 N–H and O–H groups in total. The molecule has 7 heteroatoms. The maximum absolute atomic E-state index is 11.9. The van der Waals surface area contributed by atoms with Crippen LogP contribution in [0.5, 0.6) is 0 Å². The van der Waals surface area contributed by atoms with Crippen LogP contribution in [0, 0.1) is 0 Å². The van der Waals surface area contributed by atoms with Crippen LogP contribution in [0.25, 0.3) is 0 Å². The Morgan fingerprint density at radius 3 is 2.50 bits per heavy atom. The molecule has 0 aromatic heterocycles. The minimum absolute atomic E-state index is 0.170. The summed E-state index contributed by atoms with van der Waals surface area (Å²) in [4.78, 5) is 29.5. The van der Waals surface area contributed by atoms with E-state index in [0.29, 0.717) is 12.1 Å². The number of guanidine groups is 1. The number of nitrogens with two attached hydrogens (primary N) is 1. The van der Waals surface area contributed by atoms with E-state index in [4.69, 9.17) is 5.73 Å². The van der Waals surface area contributed by atoms with Gasteiger partial charge in [0.1, 0.15) is 0 Å². The molecule has 0 atom stereocenters. The summed E-state index contributed by atoms with van der Waals surface area (Å²) in [6.45, 7) is 7.90. The van der Waals surface area contributed by atoms with E-state index in [1.807, 2.05) is 32.2 Å². The van der Waals surface area contributed by atoms with Crippen LogP contribution in [0.1, 0.15) is 48.5 Å². The second kappa shape index (κ2) is 13.4. The summed E-state index contributed by atoms with van der Waals surface area (Å²) in [5, 5.41) is 5.78. The van der Waals surface area contributed by atoms with E-state index in [1.165, 1.54) is 12.8 Å². The van der Waals surface area contributed by atoms with Crippen molar-refractivity contribution >= 4 is 17.8 Å². The van der Waals surface area contributed by atoms with Crippen LogP contribution in [-0.2, 0) is 11.3 Å². The zero-order valence-electron chi connectivity index (χ0n) is 17.0. The van der Waals surface area contributed by atoms with E-state index in [1.54, 1.807) is 12.1 Å². The van der Waals surface area contributed by atoms with Gasteiger partial charge in [-0.3, -0.25) is 9.59 Å². The summed E-state index contributed by atoms with van der Waals surface area (Å²) in [5.41, 5.74) is 6.51. The molecule has 0 spiro atoms. The third-order valence-corrected chi connectivity index (χ3v) is 4.15. The highest BCUT2D eigenvalue weighted by Gasteiger charge is 2.07. The van der Waals surface area contributed by atoms with E-state index in [0.717, 1.165) is 37.5 Å². The Bertz CT molecular complexity index is 655. The Morgan fingerprint density at radius 1 is 1.18 bits per heavy atom. The number of carbonyl (C=O) groups is 2. The first-order valence-corrected chi connectivity index (χ1v) is 9.73. The molecule has 0 radical (unpaired) electrons. The van der Waals surface area contributed by atoms with E-state index in [2.05, 4.69) is 27.1 Å². The summed E-state index contributed by atoms with van der Waals surface area (Å²) in [5.74, 6) is -0.0204. The first-order chi connectivity index (χ1) is 13.5. The number of unbranched alkanes of at least 4 members (excludes halogenated alkanes) is 3. The van der Waals surface area contributed by atoms with Gasteiger partial charge in [-0.25, -0.2) is 4.99 Å². The van der Waals surface area contributed by atoms with E-state index in [9.17, 15) is 9.59 Å². The van der Waals surface area contributed by atoms with Crippen molar-refractivity contribution in [1.82, 2.24) is 15.5 Å². The van der Waals surface area contributed by atoms with Crippen molar-refractivity contribution in [2.24, 2.45) is 10.7 Å². The topological polar surface area (TPSA) is 99.8 Å². The Morgan fingerprint density at radius 2 is 1.89 bits per heavy atom. The zero-order chi connectivity index (χ0) is 20.8. The molecule has 0 fully saturated rings. The maximum atomic E-state index is 11.9. The second-order valence-corrected chi connectivity index (χ2v) is 6.58. The van der Waals surface area contributed by atoms with E-state index >= 15 is 0 Å². The van der Waals surface area contributed by atoms with Gasteiger partial charge in [-0.1, -0.05) is 24.6 Å². The molecule has 0 saturated carbocycles. The molecule has 0 heterocycles. The number of rotatable bonds is 12. The lowest BCUT2D eigenvalue weighted by molar-refractivity contribution is -0.117. The second-order valence-electron chi connectivity index (χ2n) is 6.58. The average molecular weight is 388 g/mol. The third kappa shape index (κ3) is 9.21. The van der Waals surface area contributed by atoms with Gasteiger partial charge in [0, 0.05) is 25.7 Å². The van der Waals surface area contributed by atoms with Crippen LogP contribution < -0.4 is 16.4 Å². The first kappa shape index (κ1) is 23.2. The number of nitrogens with zero attached hydrogens (tertiary/aromatic N) is 2. The molecule has 0 saturated heterocycles. The minimum atomic E-state index is -0.569. The number of hydrogen-bond acceptors (Lipinski definition) is 3. The van der Waals surface area contributed by atoms with Crippen molar-refractivity contribution in [3.8, 4) is 0 Å². The zero-order valence-corrected chi connectivity index (χ0v) is 17.0. The quantitative estimate of drug-likeness (QED) is 0.221. The van der Waals surface area contributed by atoms with Gasteiger partial charge in [0.15, 0.2) is 5.96 Å². The Kier molecular flexibility index (Phi) is 11.1. The summed E-state index contributed by atoms with van der Waals surface area (Å²) in [7, 11) is 2.04. The fourth-order valence-electron chi connectivity index (χ4n) is 2.59. The van der Waals surface area contributed by atoms with Crippen LogP contribution in [0.15, 0.2) is 41.9 Å². The summed E-state index contributed by atoms with van der Waals surface area (Å²) >= 11 is 0. The standard InChI is InChI=1S/C21H33N5O2/c1-4-6-7-8-9-14-26(3)21(23-5-2)25-15-17-10-12-18(13-11-17)20(28)24-16-19(22)27/h4,10-13H,1,5-9,14-16H2,2-3H3,(H2,22,27)(H,23,25)(H,24,28). The average Bonchev–Trinajstić information content (AvgIpc) is 2.69. The van der Waals surface area contributed by atoms with Crippen LogP contribution in [-0.4, -0.2) is 49.4 Å². The fraction of sp³-hybridized carbons (Fsp3) is 0.476. The lowest BCUT2D eigenvalue weighted by Crippen LogP contribution is -2.39. The van der Waals surface area contributed by atoms with Crippen LogP contribution >= 0.6 is 0 Å². The van der Waals surface area contributed by atoms with Crippen molar-refractivity contribution in [3.05, 3.63) is 48.0 Å². The number of benzene rings is 1. The molecule has 1 rings (SSSR count). The number of allylic oxidation sites excluding steroid dienone is 1. The SMILES string of the molecule is C=CCCCCCN(C)C(=NCc1ccc(C(=O)NCC(N)=O)cc1)NCC. The molecule has 1 aromatic rings. The number of aliphatic imine (C=N–C) groups is 1. The molecule has 0 aliphatic carbocycles. The smallest absolute Gasteiger partial charge is 0.251 e. The van der Waals surface area contributed by atoms with Crippen molar-refractivity contribution < 1.29 is 9.59 Å². The van der Waals surface area contributed by atoms with Gasteiger partial charge in [-0.2, -0.15) is 0 Å². The predicted octanol–water partition coefficient (Wildman–Crippen LogP) is 2.05. The predicted molar refractivity (Wildman–Crippen MR) is 114 cm³/mol. The normalized spacial score (nSPS) is 11.0. The van der Waals surface area contributed by atoms with Crippen molar-refractivity contribution in [3.63, 3.8) is 0 Å². The van der Waals surface area contributed by atoms with Gasteiger partial charge in [0.25, 0.3) is 5.91 Å². The number of amides is 2. The fourth-order valence-corrected chi connectivity index (χ4v) is 2.59. The van der Waals surface area contributed by atoms with Crippen LogP contribution in [0.2, 0.25) is 0 Å². The van der Waals surface area contributed by atoms with Gasteiger partial charge in [-0.15, -0.1) is 6.58 Å². The van der Waals surface area contributed by atoms with E-state index in [-0.39, 0.29) is 12.5 Å².